The minimum Gasteiger partial charge on any atom is -0.258 e. The highest BCUT2D eigenvalue weighted by Crippen LogP contribution is 2.22. The minimum atomic E-state index is -4.05. The summed E-state index contributed by atoms with van der Waals surface area (Å²) in [6, 6.07) is 12.6. The Morgan fingerprint density at radius 3 is 2.39 bits per heavy atom. The second-order valence-corrected chi connectivity index (χ2v) is 7.49. The van der Waals surface area contributed by atoms with Crippen LogP contribution in [0.2, 0.25) is 0 Å². The molecule has 0 bridgehead atoms. The number of sulfonamides is 1. The van der Waals surface area contributed by atoms with Crippen LogP contribution >= 0.6 is 11.3 Å². The summed E-state index contributed by atoms with van der Waals surface area (Å²) in [4.78, 5) is -0.275. The molecule has 0 atom stereocenters. The molecule has 120 valence electrons. The van der Waals surface area contributed by atoms with Gasteiger partial charge in [-0.05, 0) is 31.2 Å². The number of hydrogen-bond acceptors (Lipinski definition) is 3. The van der Waals surface area contributed by atoms with Gasteiger partial charge in [0.1, 0.15) is 0 Å². The first-order valence-corrected chi connectivity index (χ1v) is 8.90. The standard InChI is InChI=1S/C15H12F2N2O2S2/c1-10-6-8-11(9-7-10)23(20,21)18-15-19(14(16)17)12-4-2-3-5-13(12)22-15/h2-9,14H,1H3/b18-15-. The molecule has 3 aromatic rings. The van der Waals surface area contributed by atoms with Gasteiger partial charge in [0, 0.05) is 0 Å². The lowest BCUT2D eigenvalue weighted by Crippen LogP contribution is -2.17. The number of thiazole rings is 1. The maximum absolute atomic E-state index is 13.3. The molecular formula is C15H12F2N2O2S2. The molecule has 0 radical (unpaired) electrons. The molecule has 0 aliphatic rings. The fraction of sp³-hybridized carbons (Fsp3) is 0.133. The van der Waals surface area contributed by atoms with Crippen molar-refractivity contribution in [3.05, 3.63) is 58.9 Å². The molecule has 0 aliphatic carbocycles. The zero-order valence-corrected chi connectivity index (χ0v) is 13.6. The second-order valence-electron chi connectivity index (χ2n) is 4.88. The molecule has 23 heavy (non-hydrogen) atoms. The maximum atomic E-state index is 13.3. The van der Waals surface area contributed by atoms with Crippen molar-refractivity contribution < 1.29 is 17.2 Å². The van der Waals surface area contributed by atoms with E-state index in [1.807, 2.05) is 6.92 Å². The summed E-state index contributed by atoms with van der Waals surface area (Å²) < 4.78 is 56.2. The van der Waals surface area contributed by atoms with Crippen LogP contribution in [0.4, 0.5) is 8.78 Å². The third-order valence-electron chi connectivity index (χ3n) is 3.24. The molecule has 3 rings (SSSR count). The number of nitrogens with zero attached hydrogens (tertiary/aromatic N) is 2. The summed E-state index contributed by atoms with van der Waals surface area (Å²) in [5.74, 6) is 0. The van der Waals surface area contributed by atoms with Crippen LogP contribution in [0, 0.1) is 6.92 Å². The van der Waals surface area contributed by atoms with Crippen LogP contribution < -0.4 is 4.80 Å². The minimum absolute atomic E-state index is 0.0265. The number of aromatic nitrogens is 1. The number of rotatable bonds is 3. The summed E-state index contributed by atoms with van der Waals surface area (Å²) in [6.45, 7) is -1.05. The number of aryl methyl sites for hydroxylation is 1. The predicted octanol–water partition coefficient (Wildman–Crippen LogP) is 3.70. The molecule has 0 unspecified atom stereocenters. The van der Waals surface area contributed by atoms with Gasteiger partial charge in [-0.25, -0.2) is 0 Å². The Morgan fingerprint density at radius 2 is 1.74 bits per heavy atom. The van der Waals surface area contributed by atoms with Crippen molar-refractivity contribution in [2.75, 3.05) is 0 Å². The van der Waals surface area contributed by atoms with Gasteiger partial charge in [0.05, 0.1) is 15.1 Å². The normalized spacial score (nSPS) is 13.1. The molecule has 4 nitrogen and oxygen atoms in total. The molecule has 0 N–H and O–H groups in total. The first kappa shape index (κ1) is 15.8. The highest BCUT2D eigenvalue weighted by atomic mass is 32.2. The van der Waals surface area contributed by atoms with Crippen LogP contribution in [0.1, 0.15) is 12.1 Å². The van der Waals surface area contributed by atoms with Crippen molar-refractivity contribution in [3.63, 3.8) is 0 Å². The molecule has 1 heterocycles. The van der Waals surface area contributed by atoms with E-state index < -0.39 is 16.6 Å². The van der Waals surface area contributed by atoms with E-state index in [-0.39, 0.29) is 15.2 Å². The average Bonchev–Trinajstić information content (AvgIpc) is 2.84. The first-order valence-electron chi connectivity index (χ1n) is 6.64. The van der Waals surface area contributed by atoms with E-state index in [4.69, 9.17) is 0 Å². The lowest BCUT2D eigenvalue weighted by Gasteiger charge is -2.03. The van der Waals surface area contributed by atoms with E-state index in [1.54, 1.807) is 30.3 Å². The van der Waals surface area contributed by atoms with Crippen LogP contribution in [0.3, 0.4) is 0 Å². The molecule has 0 saturated heterocycles. The van der Waals surface area contributed by atoms with E-state index in [0.29, 0.717) is 9.27 Å². The van der Waals surface area contributed by atoms with Gasteiger partial charge in [-0.3, -0.25) is 4.57 Å². The van der Waals surface area contributed by atoms with Gasteiger partial charge in [0.25, 0.3) is 10.0 Å². The van der Waals surface area contributed by atoms with Crippen LogP contribution in [0.25, 0.3) is 10.2 Å². The summed E-state index contributed by atoms with van der Waals surface area (Å²) in [5.41, 5.74) is 1.15. The smallest absolute Gasteiger partial charge is 0.258 e. The van der Waals surface area contributed by atoms with Gasteiger partial charge in [0.15, 0.2) is 0 Å². The summed E-state index contributed by atoms with van der Waals surface area (Å²) >= 11 is 0.914. The van der Waals surface area contributed by atoms with E-state index in [1.165, 1.54) is 18.2 Å². The Balaban J connectivity index is 2.24. The summed E-state index contributed by atoms with van der Waals surface area (Å²) in [6.07, 6.45) is 0. The molecule has 8 heteroatoms. The van der Waals surface area contributed by atoms with Crippen LogP contribution in [-0.4, -0.2) is 13.0 Å². The third-order valence-corrected chi connectivity index (χ3v) is 5.68. The highest BCUT2D eigenvalue weighted by Gasteiger charge is 2.18. The largest absolute Gasteiger partial charge is 0.321 e. The summed E-state index contributed by atoms with van der Waals surface area (Å²) in [5, 5.41) is 0. The Morgan fingerprint density at radius 1 is 1.09 bits per heavy atom. The quantitative estimate of drug-likeness (QED) is 0.720. The zero-order chi connectivity index (χ0) is 16.6. The second kappa shape index (κ2) is 5.86. The van der Waals surface area contributed by atoms with E-state index >= 15 is 0 Å². The van der Waals surface area contributed by atoms with Gasteiger partial charge >= 0.3 is 6.55 Å². The Bertz CT molecular complexity index is 1020. The predicted molar refractivity (Wildman–Crippen MR) is 85.0 cm³/mol. The van der Waals surface area contributed by atoms with Crippen molar-refractivity contribution in [2.24, 2.45) is 4.40 Å². The van der Waals surface area contributed by atoms with Crippen molar-refractivity contribution in [2.45, 2.75) is 18.4 Å². The number of alkyl halides is 2. The zero-order valence-electron chi connectivity index (χ0n) is 12.0. The molecule has 1 aromatic heterocycles. The van der Waals surface area contributed by atoms with Gasteiger partial charge in [-0.1, -0.05) is 41.2 Å². The third kappa shape index (κ3) is 3.04. The Labute approximate surface area is 135 Å². The molecule has 0 amide bonds. The Kier molecular flexibility index (Phi) is 4.03. The molecule has 0 saturated carbocycles. The molecule has 0 spiro atoms. The lowest BCUT2D eigenvalue weighted by atomic mass is 10.2. The molecule has 0 aliphatic heterocycles. The first-order chi connectivity index (χ1) is 10.9. The van der Waals surface area contributed by atoms with E-state index in [2.05, 4.69) is 4.40 Å². The van der Waals surface area contributed by atoms with Gasteiger partial charge in [0.2, 0.25) is 4.80 Å². The van der Waals surface area contributed by atoms with Crippen molar-refractivity contribution >= 4 is 31.6 Å². The van der Waals surface area contributed by atoms with Gasteiger partial charge < -0.3 is 0 Å². The summed E-state index contributed by atoms with van der Waals surface area (Å²) in [7, 11) is -4.05. The number of hydrogen-bond donors (Lipinski definition) is 0. The fourth-order valence-corrected chi connectivity index (χ4v) is 4.32. The molecule has 0 fully saturated rings. The van der Waals surface area contributed by atoms with Crippen LogP contribution in [0.15, 0.2) is 57.8 Å². The molecular weight excluding hydrogens is 342 g/mol. The average molecular weight is 354 g/mol. The SMILES string of the molecule is Cc1ccc(S(=O)(=O)/N=c2\sc3ccccc3n2C(F)F)cc1. The van der Waals surface area contributed by atoms with Crippen LogP contribution in [-0.2, 0) is 10.0 Å². The number of para-hydroxylation sites is 1. The van der Waals surface area contributed by atoms with Crippen molar-refractivity contribution in [3.8, 4) is 0 Å². The topological polar surface area (TPSA) is 51.4 Å². The molecule has 2 aromatic carbocycles. The van der Waals surface area contributed by atoms with Crippen molar-refractivity contribution in [1.29, 1.82) is 0 Å². The number of halogens is 2. The highest BCUT2D eigenvalue weighted by molar-refractivity contribution is 7.90. The Hall–Kier alpha value is -2.06. The number of fused-ring (bicyclic) bond motifs is 1. The van der Waals surface area contributed by atoms with Gasteiger partial charge in [-0.2, -0.15) is 17.2 Å². The monoisotopic (exact) mass is 354 g/mol. The van der Waals surface area contributed by atoms with Crippen LogP contribution in [0.5, 0.6) is 0 Å². The number of benzene rings is 2. The fourth-order valence-electron chi connectivity index (χ4n) is 2.11. The van der Waals surface area contributed by atoms with E-state index in [9.17, 15) is 17.2 Å². The lowest BCUT2D eigenvalue weighted by molar-refractivity contribution is 0.0723. The maximum Gasteiger partial charge on any atom is 0.321 e. The van der Waals surface area contributed by atoms with Gasteiger partial charge in [-0.15, -0.1) is 4.40 Å². The van der Waals surface area contributed by atoms with E-state index in [0.717, 1.165) is 16.9 Å². The van der Waals surface area contributed by atoms with Crippen molar-refractivity contribution in [1.82, 2.24) is 4.57 Å².